The minimum absolute atomic E-state index is 0.136. The number of amides is 3. The maximum absolute atomic E-state index is 11.4. The number of nitriles is 2. The number of alkyl halides is 1. The molecule has 0 aliphatic rings. The van der Waals surface area contributed by atoms with Crippen molar-refractivity contribution < 1.29 is 9.59 Å². The predicted octanol–water partition coefficient (Wildman–Crippen LogP) is 1.71. The number of carbonyl (C=O) groups is 2. The topological polar surface area (TPSA) is 106 Å². The van der Waals surface area contributed by atoms with Gasteiger partial charge in [-0.3, -0.25) is 10.1 Å². The monoisotopic (exact) mass is 276 g/mol. The average molecular weight is 277 g/mol. The molecule has 3 amide bonds. The molecule has 0 aromatic heterocycles. The third-order valence-corrected chi connectivity index (χ3v) is 2.31. The third-order valence-electron chi connectivity index (χ3n) is 2.12. The highest BCUT2D eigenvalue weighted by atomic mass is 35.5. The molecule has 1 atom stereocenters. The molecule has 6 nitrogen and oxygen atoms in total. The average Bonchev–Trinajstić information content (AvgIpc) is 2.38. The summed E-state index contributed by atoms with van der Waals surface area (Å²) in [4.78, 5) is 22.6. The van der Waals surface area contributed by atoms with Crippen LogP contribution in [0.25, 0.3) is 0 Å². The fourth-order valence-corrected chi connectivity index (χ4v) is 1.24. The normalized spacial score (nSPS) is 10.7. The number of nitrogens with zero attached hydrogens (tertiary/aromatic N) is 2. The molecule has 0 radical (unpaired) electrons. The van der Waals surface area contributed by atoms with E-state index in [2.05, 4.69) is 5.32 Å². The van der Waals surface area contributed by atoms with E-state index in [4.69, 9.17) is 22.1 Å². The van der Waals surface area contributed by atoms with Crippen molar-refractivity contribution in [3.8, 4) is 12.1 Å². The van der Waals surface area contributed by atoms with Gasteiger partial charge in [0.1, 0.15) is 17.5 Å². The minimum atomic E-state index is -0.832. The number of benzene rings is 1. The number of urea groups is 1. The summed E-state index contributed by atoms with van der Waals surface area (Å²) in [5.74, 6) is -0.631. The summed E-state index contributed by atoms with van der Waals surface area (Å²) >= 11 is 5.49. The first-order valence-corrected chi connectivity index (χ1v) is 5.61. The van der Waals surface area contributed by atoms with Crippen molar-refractivity contribution >= 4 is 29.2 Å². The molecule has 1 unspecified atom stereocenters. The number of rotatable bonds is 2. The number of carbonyl (C=O) groups excluding carboxylic acids is 2. The summed E-state index contributed by atoms with van der Waals surface area (Å²) in [7, 11) is 0. The maximum Gasteiger partial charge on any atom is 0.325 e. The summed E-state index contributed by atoms with van der Waals surface area (Å²) in [5.41, 5.74) is 0.638. The highest BCUT2D eigenvalue weighted by Gasteiger charge is 2.13. The molecule has 0 aliphatic carbocycles. The first-order chi connectivity index (χ1) is 8.97. The third kappa shape index (κ3) is 3.98. The molecule has 2 N–H and O–H groups in total. The van der Waals surface area contributed by atoms with Crippen molar-refractivity contribution in [3.05, 3.63) is 29.3 Å². The molecule has 0 spiro atoms. The van der Waals surface area contributed by atoms with Gasteiger partial charge >= 0.3 is 6.03 Å². The van der Waals surface area contributed by atoms with Crippen molar-refractivity contribution in [3.63, 3.8) is 0 Å². The zero-order chi connectivity index (χ0) is 14.4. The summed E-state index contributed by atoms with van der Waals surface area (Å²) in [5, 5.41) is 21.1. The van der Waals surface area contributed by atoms with Gasteiger partial charge in [-0.15, -0.1) is 11.6 Å². The maximum atomic E-state index is 11.4. The van der Waals surface area contributed by atoms with Crippen molar-refractivity contribution in [1.29, 1.82) is 10.5 Å². The first-order valence-electron chi connectivity index (χ1n) is 5.18. The van der Waals surface area contributed by atoms with Gasteiger partial charge < -0.3 is 5.32 Å². The van der Waals surface area contributed by atoms with E-state index in [9.17, 15) is 9.59 Å². The lowest BCUT2D eigenvalue weighted by molar-refractivity contribution is -0.119. The Hall–Kier alpha value is -2.57. The van der Waals surface area contributed by atoms with Crippen LogP contribution in [0.4, 0.5) is 10.5 Å². The van der Waals surface area contributed by atoms with Gasteiger partial charge in [-0.05, 0) is 25.1 Å². The second kappa shape index (κ2) is 6.39. The van der Waals surface area contributed by atoms with Gasteiger partial charge in [-0.2, -0.15) is 10.5 Å². The lowest BCUT2D eigenvalue weighted by Crippen LogP contribution is -2.38. The standard InChI is InChI=1S/C12H9ClN4O2/c1-7(13)11(18)17-12(19)16-10-3-2-8(5-14)9(4-10)6-15/h2-4,7H,1H3,(H2,16,17,18,19). The molecule has 1 aromatic rings. The van der Waals surface area contributed by atoms with Gasteiger partial charge in [0.05, 0.1) is 11.1 Å². The van der Waals surface area contributed by atoms with Crippen LogP contribution in [0.5, 0.6) is 0 Å². The van der Waals surface area contributed by atoms with Gasteiger partial charge in [0, 0.05) is 5.69 Å². The largest absolute Gasteiger partial charge is 0.325 e. The molecule has 0 aliphatic heterocycles. The van der Waals surface area contributed by atoms with Crippen LogP contribution in [0.3, 0.4) is 0 Å². The van der Waals surface area contributed by atoms with E-state index in [0.29, 0.717) is 5.69 Å². The lowest BCUT2D eigenvalue weighted by atomic mass is 10.1. The van der Waals surface area contributed by atoms with Gasteiger partial charge in [0.15, 0.2) is 0 Å². The summed E-state index contributed by atoms with van der Waals surface area (Å²) in [6, 6.07) is 7.13. The van der Waals surface area contributed by atoms with Crippen molar-refractivity contribution in [2.75, 3.05) is 5.32 Å². The molecule has 0 bridgehead atoms. The van der Waals surface area contributed by atoms with Crippen LogP contribution in [0.2, 0.25) is 0 Å². The first kappa shape index (κ1) is 14.5. The predicted molar refractivity (Wildman–Crippen MR) is 68.3 cm³/mol. The highest BCUT2D eigenvalue weighted by Crippen LogP contribution is 2.14. The van der Waals surface area contributed by atoms with E-state index in [1.807, 2.05) is 17.5 Å². The van der Waals surface area contributed by atoms with E-state index in [1.54, 1.807) is 0 Å². The van der Waals surface area contributed by atoms with Gasteiger partial charge in [0.25, 0.3) is 0 Å². The number of hydrogen-bond acceptors (Lipinski definition) is 4. The number of hydrogen-bond donors (Lipinski definition) is 2. The van der Waals surface area contributed by atoms with E-state index in [-0.39, 0.29) is 11.1 Å². The van der Waals surface area contributed by atoms with Crippen LogP contribution in [0, 0.1) is 22.7 Å². The van der Waals surface area contributed by atoms with E-state index < -0.39 is 17.3 Å². The molecular weight excluding hydrogens is 268 g/mol. The molecule has 0 saturated heterocycles. The minimum Gasteiger partial charge on any atom is -0.308 e. The molecule has 96 valence electrons. The zero-order valence-electron chi connectivity index (χ0n) is 9.90. The van der Waals surface area contributed by atoms with Gasteiger partial charge in [-0.1, -0.05) is 0 Å². The van der Waals surface area contributed by atoms with E-state index >= 15 is 0 Å². The molecule has 1 aromatic carbocycles. The Bertz CT molecular complexity index is 599. The Morgan fingerprint density at radius 2 is 1.89 bits per heavy atom. The Morgan fingerprint density at radius 3 is 2.42 bits per heavy atom. The van der Waals surface area contributed by atoms with Crippen molar-refractivity contribution in [2.24, 2.45) is 0 Å². The van der Waals surface area contributed by atoms with Crippen LogP contribution >= 0.6 is 11.6 Å². The van der Waals surface area contributed by atoms with Gasteiger partial charge in [0.2, 0.25) is 5.91 Å². The fourth-order valence-electron chi connectivity index (χ4n) is 1.19. The summed E-state index contributed by atoms with van der Waals surface area (Å²) < 4.78 is 0. The Labute approximate surface area is 114 Å². The van der Waals surface area contributed by atoms with Crippen LogP contribution in [0.1, 0.15) is 18.1 Å². The number of nitrogens with one attached hydrogen (secondary N) is 2. The van der Waals surface area contributed by atoms with Gasteiger partial charge in [-0.25, -0.2) is 4.79 Å². The Morgan fingerprint density at radius 1 is 1.26 bits per heavy atom. The fraction of sp³-hybridized carbons (Fsp3) is 0.167. The number of anilines is 1. The second-order valence-electron chi connectivity index (χ2n) is 3.54. The quantitative estimate of drug-likeness (QED) is 0.802. The molecule has 0 heterocycles. The van der Waals surface area contributed by atoms with Crippen LogP contribution in [-0.2, 0) is 4.79 Å². The Kier molecular flexibility index (Phi) is 4.87. The summed E-state index contributed by atoms with van der Waals surface area (Å²) in [6.07, 6.45) is 0. The molecule has 0 saturated carbocycles. The van der Waals surface area contributed by atoms with Crippen molar-refractivity contribution in [1.82, 2.24) is 5.32 Å². The summed E-state index contributed by atoms with van der Waals surface area (Å²) in [6.45, 7) is 1.43. The highest BCUT2D eigenvalue weighted by molar-refractivity contribution is 6.31. The van der Waals surface area contributed by atoms with Crippen LogP contribution in [0.15, 0.2) is 18.2 Å². The molecule has 0 fully saturated rings. The van der Waals surface area contributed by atoms with Crippen LogP contribution < -0.4 is 10.6 Å². The smallest absolute Gasteiger partial charge is 0.308 e. The van der Waals surface area contributed by atoms with Crippen molar-refractivity contribution in [2.45, 2.75) is 12.3 Å². The van der Waals surface area contributed by atoms with E-state index in [0.717, 1.165) is 0 Å². The molecule has 19 heavy (non-hydrogen) atoms. The van der Waals surface area contributed by atoms with E-state index in [1.165, 1.54) is 25.1 Å². The molecule has 1 rings (SSSR count). The zero-order valence-corrected chi connectivity index (χ0v) is 10.7. The molecular formula is C12H9ClN4O2. The second-order valence-corrected chi connectivity index (χ2v) is 4.20. The SMILES string of the molecule is CC(Cl)C(=O)NC(=O)Nc1ccc(C#N)c(C#N)c1. The lowest BCUT2D eigenvalue weighted by Gasteiger charge is -2.08. The van der Waals surface area contributed by atoms with Crippen LogP contribution in [-0.4, -0.2) is 17.3 Å². The Balaban J connectivity index is 2.79. The number of imide groups is 1. The number of halogens is 1. The molecule has 7 heteroatoms.